The zero-order valence-corrected chi connectivity index (χ0v) is 22.3. The van der Waals surface area contributed by atoms with E-state index in [-0.39, 0.29) is 21.7 Å². The quantitative estimate of drug-likeness (QED) is 0.131. The van der Waals surface area contributed by atoms with Crippen LogP contribution in [0, 0.1) is 32.1 Å². The highest BCUT2D eigenvalue weighted by Gasteiger charge is 2.64. The van der Waals surface area contributed by atoms with Crippen LogP contribution in [-0.2, 0) is 9.74 Å². The summed E-state index contributed by atoms with van der Waals surface area (Å²) in [6.07, 6.45) is 5.92. The number of benzene rings is 2. The summed E-state index contributed by atoms with van der Waals surface area (Å²) in [4.78, 5) is 22.7. The molecule has 0 fully saturated rings. The number of hydrogen-bond acceptors (Lipinski definition) is 5. The van der Waals surface area contributed by atoms with Gasteiger partial charge in [0.25, 0.3) is 0 Å². The second kappa shape index (κ2) is 13.6. The average molecular weight is 501 g/mol. The van der Waals surface area contributed by atoms with Gasteiger partial charge in [-0.05, 0) is 25.7 Å². The first-order valence-corrected chi connectivity index (χ1v) is 13.8. The molecule has 2 aromatic carbocycles. The molecule has 0 aliphatic carbocycles. The molecule has 6 nitrogen and oxygen atoms in total. The van der Waals surface area contributed by atoms with E-state index in [1.54, 1.807) is 48.5 Å². The molecule has 0 saturated heterocycles. The van der Waals surface area contributed by atoms with Crippen molar-refractivity contribution >= 4 is 11.8 Å². The summed E-state index contributed by atoms with van der Waals surface area (Å²) >= 11 is 0.975. The van der Waals surface area contributed by atoms with E-state index in [1.165, 1.54) is 0 Å². The third kappa shape index (κ3) is 6.05. The second-order valence-electron chi connectivity index (χ2n) is 9.24. The average Bonchev–Trinajstić information content (AvgIpc) is 2.88. The maximum absolute atomic E-state index is 13.2. The first kappa shape index (κ1) is 28.8. The monoisotopic (exact) mass is 500 g/mol. The lowest BCUT2D eigenvalue weighted by atomic mass is 9.85. The lowest BCUT2D eigenvalue weighted by molar-refractivity contribution is -0.574. The molecule has 4 atom stereocenters. The van der Waals surface area contributed by atoms with Gasteiger partial charge in [-0.15, -0.1) is 0 Å². The molecule has 0 amide bonds. The Kier molecular flexibility index (Phi) is 11.2. The fraction of sp³-hybridized carbons (Fsp3) is 0.571. The topological polar surface area (TPSA) is 86.3 Å². The lowest BCUT2D eigenvalue weighted by Crippen LogP contribution is -2.49. The molecule has 7 heteroatoms. The minimum Gasteiger partial charge on any atom is -0.263 e. The first-order valence-electron chi connectivity index (χ1n) is 12.9. The van der Waals surface area contributed by atoms with E-state index in [1.807, 2.05) is 26.0 Å². The van der Waals surface area contributed by atoms with Gasteiger partial charge in [-0.25, -0.2) is 0 Å². The van der Waals surface area contributed by atoms with E-state index in [9.17, 15) is 20.2 Å². The van der Waals surface area contributed by atoms with Crippen LogP contribution >= 0.6 is 11.8 Å². The van der Waals surface area contributed by atoms with Crippen molar-refractivity contribution in [2.75, 3.05) is 0 Å². The molecule has 0 spiro atoms. The van der Waals surface area contributed by atoms with E-state index in [2.05, 4.69) is 13.8 Å². The fourth-order valence-corrected chi connectivity index (χ4v) is 7.22. The normalized spacial score (nSPS) is 16.6. The van der Waals surface area contributed by atoms with E-state index in [0.717, 1.165) is 37.4 Å². The zero-order chi connectivity index (χ0) is 25.9. The third-order valence-electron chi connectivity index (χ3n) is 7.13. The van der Waals surface area contributed by atoms with Crippen LogP contribution in [0.1, 0.15) is 90.2 Å². The minimum atomic E-state index is -1.65. The van der Waals surface area contributed by atoms with Gasteiger partial charge in [0.2, 0.25) is 0 Å². The Balaban J connectivity index is 2.90. The highest BCUT2D eigenvalue weighted by molar-refractivity contribution is 8.00. The molecule has 4 unspecified atom stereocenters. The summed E-state index contributed by atoms with van der Waals surface area (Å²) in [5.41, 5.74) is 1.07. The van der Waals surface area contributed by atoms with Gasteiger partial charge in [-0.1, -0.05) is 114 Å². The van der Waals surface area contributed by atoms with Crippen molar-refractivity contribution in [3.8, 4) is 0 Å². The number of nitro groups is 2. The number of unbranched alkanes of at least 4 members (excludes halogenated alkanes) is 2. The van der Waals surface area contributed by atoms with Gasteiger partial charge in [0.1, 0.15) is 0 Å². The van der Waals surface area contributed by atoms with Gasteiger partial charge >= 0.3 is 9.74 Å². The van der Waals surface area contributed by atoms with Crippen LogP contribution in [0.3, 0.4) is 0 Å². The summed E-state index contributed by atoms with van der Waals surface area (Å²) in [7, 11) is 0. The SMILES string of the molecule is CCCCC(CC)C(SC(c1ccccc1)(C(CC)CCCC)[N+](=O)[O-])(c1ccccc1)[N+](=O)[O-]. The van der Waals surface area contributed by atoms with Crippen molar-refractivity contribution in [3.05, 3.63) is 92.0 Å². The Hall–Kier alpha value is -2.41. The predicted octanol–water partition coefficient (Wildman–Crippen LogP) is 8.41. The van der Waals surface area contributed by atoms with Crippen LogP contribution in [0.15, 0.2) is 60.7 Å². The Morgan fingerprint density at radius 2 is 1.03 bits per heavy atom. The molecule has 0 radical (unpaired) electrons. The number of hydrogen-bond donors (Lipinski definition) is 0. The smallest absolute Gasteiger partial charge is 0.263 e. The van der Waals surface area contributed by atoms with Crippen molar-refractivity contribution in [1.29, 1.82) is 0 Å². The summed E-state index contributed by atoms with van der Waals surface area (Å²) < 4.78 is 0. The molecule has 0 aliphatic rings. The highest BCUT2D eigenvalue weighted by atomic mass is 32.2. The van der Waals surface area contributed by atoms with Crippen molar-refractivity contribution in [2.24, 2.45) is 11.8 Å². The third-order valence-corrected chi connectivity index (χ3v) is 9.19. The summed E-state index contributed by atoms with van der Waals surface area (Å²) in [6, 6.07) is 17.9. The molecule has 192 valence electrons. The van der Waals surface area contributed by atoms with Crippen molar-refractivity contribution in [1.82, 2.24) is 0 Å². The van der Waals surface area contributed by atoms with E-state index in [4.69, 9.17) is 0 Å². The molecule has 0 heterocycles. The maximum atomic E-state index is 13.2. The van der Waals surface area contributed by atoms with Crippen molar-refractivity contribution < 1.29 is 9.85 Å². The van der Waals surface area contributed by atoms with E-state index >= 15 is 0 Å². The minimum absolute atomic E-state index is 0.232. The Morgan fingerprint density at radius 1 is 0.686 bits per heavy atom. The molecule has 0 bridgehead atoms. The van der Waals surface area contributed by atoms with E-state index in [0.29, 0.717) is 36.8 Å². The lowest BCUT2D eigenvalue weighted by Gasteiger charge is -2.40. The van der Waals surface area contributed by atoms with Gasteiger partial charge in [-0.3, -0.25) is 20.2 Å². The van der Waals surface area contributed by atoms with Crippen molar-refractivity contribution in [3.63, 3.8) is 0 Å². The van der Waals surface area contributed by atoms with Crippen molar-refractivity contribution in [2.45, 2.75) is 88.8 Å². The standard InChI is InChI=1S/C28H40N2O4S/c1-5-9-17-23(7-3)27(29(31)32,25-19-13-11-14-20-25)35-28(30(33)34,24(8-4)18-10-6-2)26-21-15-12-16-22-26/h11-16,19-24H,5-10,17-18H2,1-4H3. The van der Waals surface area contributed by atoms with Gasteiger partial charge in [-0.2, -0.15) is 0 Å². The Bertz CT molecular complexity index is 852. The summed E-state index contributed by atoms with van der Waals surface area (Å²) in [5, 5.41) is 26.4. The summed E-state index contributed by atoms with van der Waals surface area (Å²) in [6.45, 7) is 8.07. The van der Waals surface area contributed by atoms with Crippen LogP contribution in [0.2, 0.25) is 0 Å². The van der Waals surface area contributed by atoms with Crippen LogP contribution in [0.5, 0.6) is 0 Å². The molecule has 35 heavy (non-hydrogen) atoms. The van der Waals surface area contributed by atoms with Crippen LogP contribution in [0.4, 0.5) is 0 Å². The number of thioether (sulfide) groups is 1. The van der Waals surface area contributed by atoms with Crippen LogP contribution in [0.25, 0.3) is 0 Å². The fourth-order valence-electron chi connectivity index (χ4n) is 5.18. The van der Waals surface area contributed by atoms with Gasteiger partial charge in [0.05, 0.1) is 0 Å². The molecular formula is C28H40N2O4S. The van der Waals surface area contributed by atoms with Gasteiger partial charge in [0.15, 0.2) is 0 Å². The first-order chi connectivity index (χ1) is 16.8. The summed E-state index contributed by atoms with van der Waals surface area (Å²) in [5.74, 6) is -0.701. The predicted molar refractivity (Wildman–Crippen MR) is 144 cm³/mol. The Morgan fingerprint density at radius 3 is 1.29 bits per heavy atom. The molecule has 0 aromatic heterocycles. The largest absolute Gasteiger partial charge is 0.301 e. The molecule has 2 aromatic rings. The van der Waals surface area contributed by atoms with Crippen LogP contribution < -0.4 is 0 Å². The molecule has 0 saturated carbocycles. The maximum Gasteiger partial charge on any atom is 0.301 e. The molecule has 0 N–H and O–H groups in total. The van der Waals surface area contributed by atoms with E-state index < -0.39 is 9.74 Å². The number of nitrogens with zero attached hydrogens (tertiary/aromatic N) is 2. The van der Waals surface area contributed by atoms with Gasteiger partial charge in [0, 0.05) is 44.6 Å². The molecular weight excluding hydrogens is 460 g/mol. The van der Waals surface area contributed by atoms with Gasteiger partial charge < -0.3 is 0 Å². The van der Waals surface area contributed by atoms with Crippen LogP contribution in [-0.4, -0.2) is 9.85 Å². The highest BCUT2D eigenvalue weighted by Crippen LogP contribution is 2.59. The Labute approximate surface area is 214 Å². The molecule has 2 rings (SSSR count). The number of rotatable bonds is 16. The molecule has 0 aliphatic heterocycles. The second-order valence-corrected chi connectivity index (χ2v) is 10.7. The zero-order valence-electron chi connectivity index (χ0n) is 21.5.